The highest BCUT2D eigenvalue weighted by Gasteiger charge is 2.31. The molecule has 0 N–H and O–H groups in total. The van der Waals surface area contributed by atoms with Crippen molar-refractivity contribution in [1.82, 2.24) is 10.3 Å². The second-order valence-electron chi connectivity index (χ2n) is 4.94. The molecule has 0 bridgehead atoms. The number of benzene rings is 2. The van der Waals surface area contributed by atoms with Gasteiger partial charge in [0.25, 0.3) is 0 Å². The molecule has 124 valence electrons. The number of fused-ring (bicyclic) bond motifs is 1. The van der Waals surface area contributed by atoms with Crippen LogP contribution in [0.4, 0.5) is 18.9 Å². The zero-order valence-electron chi connectivity index (χ0n) is 11.7. The second-order valence-corrected chi connectivity index (χ2v) is 5.35. The van der Waals surface area contributed by atoms with E-state index in [-0.39, 0.29) is 33.7 Å². The van der Waals surface area contributed by atoms with Crippen LogP contribution in [0.2, 0.25) is 5.02 Å². The number of halogens is 4. The quantitative estimate of drug-likeness (QED) is 0.512. The van der Waals surface area contributed by atoms with Gasteiger partial charge in [-0.05, 0) is 40.1 Å². The van der Waals surface area contributed by atoms with Crippen LogP contribution in [-0.2, 0) is 12.6 Å². The molecule has 6 nitrogen and oxygen atoms in total. The minimum Gasteiger partial charge on any atom is -0.258 e. The van der Waals surface area contributed by atoms with Gasteiger partial charge in [-0.2, -0.15) is 13.2 Å². The van der Waals surface area contributed by atoms with E-state index in [0.717, 1.165) is 12.1 Å². The third kappa shape index (κ3) is 2.90. The average Bonchev–Trinajstić information content (AvgIpc) is 2.95. The van der Waals surface area contributed by atoms with Gasteiger partial charge in [0.2, 0.25) is 5.52 Å². The molecule has 0 atom stereocenters. The van der Waals surface area contributed by atoms with Gasteiger partial charge in [0.1, 0.15) is 5.52 Å². The molecule has 1 heterocycles. The van der Waals surface area contributed by atoms with E-state index in [4.69, 9.17) is 11.6 Å². The van der Waals surface area contributed by atoms with E-state index in [1.54, 1.807) is 0 Å². The summed E-state index contributed by atoms with van der Waals surface area (Å²) in [7, 11) is 0. The Balaban J connectivity index is 2.04. The maximum Gasteiger partial charge on any atom is 0.416 e. The molecular weight excluding hydrogens is 351 g/mol. The summed E-state index contributed by atoms with van der Waals surface area (Å²) in [6, 6.07) is 5.78. The topological polar surface area (TPSA) is 82.1 Å². The van der Waals surface area contributed by atoms with Crippen LogP contribution >= 0.6 is 11.6 Å². The van der Waals surface area contributed by atoms with Gasteiger partial charge in [-0.3, -0.25) is 10.1 Å². The Bertz CT molecular complexity index is 940. The first-order chi connectivity index (χ1) is 11.3. The number of rotatable bonds is 3. The molecule has 0 amide bonds. The van der Waals surface area contributed by atoms with E-state index >= 15 is 0 Å². The second kappa shape index (κ2) is 5.75. The van der Waals surface area contributed by atoms with Gasteiger partial charge in [-0.25, -0.2) is 4.63 Å². The van der Waals surface area contributed by atoms with E-state index in [9.17, 15) is 23.3 Å². The number of nitro groups is 1. The summed E-state index contributed by atoms with van der Waals surface area (Å²) < 4.78 is 42.5. The first-order valence-corrected chi connectivity index (χ1v) is 6.89. The Labute approximate surface area is 136 Å². The van der Waals surface area contributed by atoms with Crippen LogP contribution in [0.15, 0.2) is 35.0 Å². The van der Waals surface area contributed by atoms with E-state index in [1.165, 1.54) is 18.2 Å². The normalized spacial score (nSPS) is 11.8. The van der Waals surface area contributed by atoms with Crippen molar-refractivity contribution in [2.24, 2.45) is 0 Å². The first-order valence-electron chi connectivity index (χ1n) is 6.51. The van der Waals surface area contributed by atoms with Crippen LogP contribution < -0.4 is 0 Å². The Morgan fingerprint density at radius 3 is 2.50 bits per heavy atom. The number of nitro benzene ring substituents is 1. The fourth-order valence-corrected chi connectivity index (χ4v) is 2.55. The zero-order valence-corrected chi connectivity index (χ0v) is 12.4. The molecule has 0 radical (unpaired) electrons. The minimum atomic E-state index is -4.51. The highest BCUT2D eigenvalue weighted by Crippen LogP contribution is 2.34. The first kappa shape index (κ1) is 16.2. The van der Waals surface area contributed by atoms with Crippen LogP contribution in [0, 0.1) is 10.1 Å². The summed E-state index contributed by atoms with van der Waals surface area (Å²) in [5.74, 6) is 0. The van der Waals surface area contributed by atoms with Crippen molar-refractivity contribution in [3.8, 4) is 0 Å². The molecule has 24 heavy (non-hydrogen) atoms. The molecule has 0 aliphatic heterocycles. The number of alkyl halides is 3. The fourth-order valence-electron chi connectivity index (χ4n) is 2.30. The zero-order chi connectivity index (χ0) is 17.5. The number of nitrogens with zero attached hydrogens (tertiary/aromatic N) is 3. The van der Waals surface area contributed by atoms with Crippen LogP contribution in [0.5, 0.6) is 0 Å². The summed E-state index contributed by atoms with van der Waals surface area (Å²) >= 11 is 5.90. The summed E-state index contributed by atoms with van der Waals surface area (Å²) in [5, 5.41) is 18.2. The van der Waals surface area contributed by atoms with Crippen molar-refractivity contribution < 1.29 is 22.7 Å². The molecule has 3 aromatic rings. The largest absolute Gasteiger partial charge is 0.416 e. The van der Waals surface area contributed by atoms with E-state index in [0.29, 0.717) is 5.56 Å². The molecule has 0 saturated carbocycles. The molecule has 0 fully saturated rings. The Morgan fingerprint density at radius 2 is 1.88 bits per heavy atom. The average molecular weight is 358 g/mol. The third-order valence-electron chi connectivity index (χ3n) is 3.43. The summed E-state index contributed by atoms with van der Waals surface area (Å²) in [6.07, 6.45) is -4.55. The molecule has 2 aromatic carbocycles. The van der Waals surface area contributed by atoms with Crippen LogP contribution in [0.3, 0.4) is 0 Å². The molecule has 1 aromatic heterocycles. The highest BCUT2D eigenvalue weighted by molar-refractivity contribution is 6.31. The van der Waals surface area contributed by atoms with Crippen molar-refractivity contribution >= 4 is 28.3 Å². The Kier molecular flexibility index (Phi) is 3.88. The van der Waals surface area contributed by atoms with E-state index < -0.39 is 16.7 Å². The maximum atomic E-state index is 12.7. The smallest absolute Gasteiger partial charge is 0.258 e. The molecule has 0 spiro atoms. The molecule has 0 unspecified atom stereocenters. The predicted molar refractivity (Wildman–Crippen MR) is 77.7 cm³/mol. The molecule has 3 rings (SSSR count). The number of hydrogen-bond donors (Lipinski definition) is 0. The Hall–Kier alpha value is -2.68. The van der Waals surface area contributed by atoms with Gasteiger partial charge in [0, 0.05) is 17.0 Å². The van der Waals surface area contributed by atoms with E-state index in [1.807, 2.05) is 0 Å². The van der Waals surface area contributed by atoms with Gasteiger partial charge in [-0.1, -0.05) is 17.7 Å². The molecule has 0 aliphatic carbocycles. The molecule has 10 heteroatoms. The predicted octanol–water partition coefficient (Wildman–Crippen LogP) is 4.39. The van der Waals surface area contributed by atoms with Crippen molar-refractivity contribution in [2.75, 3.05) is 0 Å². The molecule has 0 saturated heterocycles. The van der Waals surface area contributed by atoms with Gasteiger partial charge in [-0.15, -0.1) is 0 Å². The van der Waals surface area contributed by atoms with Crippen LogP contribution in [0.25, 0.3) is 11.0 Å². The fraction of sp³-hybridized carbons (Fsp3) is 0.143. The van der Waals surface area contributed by atoms with Crippen molar-refractivity contribution in [3.63, 3.8) is 0 Å². The Morgan fingerprint density at radius 1 is 1.17 bits per heavy atom. The van der Waals surface area contributed by atoms with Crippen molar-refractivity contribution in [3.05, 3.63) is 62.2 Å². The number of hydrogen-bond acceptors (Lipinski definition) is 5. The lowest BCUT2D eigenvalue weighted by Crippen LogP contribution is -2.05. The van der Waals surface area contributed by atoms with Gasteiger partial charge < -0.3 is 0 Å². The lowest BCUT2D eigenvalue weighted by atomic mass is 10.0. The SMILES string of the molecule is O=[N+]([O-])c1c(Cc2ccc(C(F)(F)F)cc2Cl)ccc2nonc12. The van der Waals surface area contributed by atoms with Gasteiger partial charge in [0.15, 0.2) is 0 Å². The summed E-state index contributed by atoms with van der Waals surface area (Å²) in [4.78, 5) is 10.7. The van der Waals surface area contributed by atoms with Crippen LogP contribution in [0.1, 0.15) is 16.7 Å². The molecular formula is C14H7ClF3N3O3. The van der Waals surface area contributed by atoms with Crippen LogP contribution in [-0.4, -0.2) is 15.2 Å². The summed E-state index contributed by atoms with van der Waals surface area (Å²) in [5.41, 5.74) is -0.454. The maximum absolute atomic E-state index is 12.7. The lowest BCUT2D eigenvalue weighted by Gasteiger charge is -2.10. The highest BCUT2D eigenvalue weighted by atomic mass is 35.5. The monoisotopic (exact) mass is 357 g/mol. The van der Waals surface area contributed by atoms with E-state index in [2.05, 4.69) is 14.9 Å². The van der Waals surface area contributed by atoms with Crippen molar-refractivity contribution in [2.45, 2.75) is 12.6 Å². The third-order valence-corrected chi connectivity index (χ3v) is 3.78. The summed E-state index contributed by atoms with van der Waals surface area (Å²) in [6.45, 7) is 0. The standard InChI is InChI=1S/C14H7ClF3N3O3/c15-10-6-9(14(16,17)18)3-1-7(10)5-8-2-4-11-12(20-24-19-11)13(8)21(22)23/h1-4,6H,5H2. The number of aromatic nitrogens is 2. The molecule has 0 aliphatic rings. The van der Waals surface area contributed by atoms with Gasteiger partial charge in [0.05, 0.1) is 10.5 Å². The van der Waals surface area contributed by atoms with Gasteiger partial charge >= 0.3 is 11.9 Å². The minimum absolute atomic E-state index is 0.0273. The van der Waals surface area contributed by atoms with Crippen molar-refractivity contribution in [1.29, 1.82) is 0 Å². The lowest BCUT2D eigenvalue weighted by molar-refractivity contribution is -0.383.